The Hall–Kier alpha value is -1.48. The van der Waals surface area contributed by atoms with Crippen molar-refractivity contribution >= 4 is 23.2 Å². The maximum Gasteiger partial charge on any atom is 0.309 e. The largest absolute Gasteiger partial charge is 0.347 e. The van der Waals surface area contributed by atoms with Crippen molar-refractivity contribution in [3.05, 3.63) is 22.4 Å². The van der Waals surface area contributed by atoms with Crippen molar-refractivity contribution in [2.75, 3.05) is 60.4 Å². The van der Waals surface area contributed by atoms with Crippen molar-refractivity contribution in [2.24, 2.45) is 0 Å². The van der Waals surface area contributed by atoms with Gasteiger partial charge in [-0.2, -0.15) is 0 Å². The fourth-order valence-electron chi connectivity index (χ4n) is 3.13. The fraction of sp³-hybridized carbons (Fsp3) is 0.667. The Morgan fingerprint density at radius 1 is 1.23 bits per heavy atom. The number of rotatable bonds is 7. The van der Waals surface area contributed by atoms with Crippen molar-refractivity contribution in [2.45, 2.75) is 19.0 Å². The van der Waals surface area contributed by atoms with Gasteiger partial charge >= 0.3 is 11.8 Å². The molecule has 26 heavy (non-hydrogen) atoms. The van der Waals surface area contributed by atoms with E-state index in [1.807, 2.05) is 32.0 Å². The maximum absolute atomic E-state index is 12.3. The number of nitrogens with one attached hydrogen (secondary N) is 2. The highest BCUT2D eigenvalue weighted by Crippen LogP contribution is 2.29. The van der Waals surface area contributed by atoms with Crippen LogP contribution in [-0.2, 0) is 9.59 Å². The monoisotopic (exact) mass is 381 g/mol. The molecule has 1 aromatic heterocycles. The van der Waals surface area contributed by atoms with Crippen LogP contribution in [0.1, 0.15) is 17.8 Å². The van der Waals surface area contributed by atoms with Gasteiger partial charge in [-0.15, -0.1) is 11.3 Å². The summed E-state index contributed by atoms with van der Waals surface area (Å²) in [5.41, 5.74) is 0. The molecule has 1 aliphatic heterocycles. The van der Waals surface area contributed by atoms with Crippen molar-refractivity contribution in [1.82, 2.24) is 25.3 Å². The summed E-state index contributed by atoms with van der Waals surface area (Å²) < 4.78 is 0. The molecule has 1 aromatic rings. The summed E-state index contributed by atoms with van der Waals surface area (Å²) in [4.78, 5) is 32.2. The van der Waals surface area contributed by atoms with Gasteiger partial charge in [0, 0.05) is 50.2 Å². The average molecular weight is 382 g/mol. The first-order valence-electron chi connectivity index (χ1n) is 9.08. The van der Waals surface area contributed by atoms with Crippen LogP contribution in [0.3, 0.4) is 0 Å². The number of hydrogen-bond acceptors (Lipinski definition) is 6. The van der Waals surface area contributed by atoms with Crippen LogP contribution in [0, 0.1) is 0 Å². The van der Waals surface area contributed by atoms with E-state index in [1.165, 1.54) is 4.88 Å². The molecule has 7 nitrogen and oxygen atoms in total. The Balaban J connectivity index is 1.97. The van der Waals surface area contributed by atoms with E-state index in [0.29, 0.717) is 13.1 Å². The third kappa shape index (κ3) is 6.05. The molecule has 2 amide bonds. The zero-order valence-corrected chi connectivity index (χ0v) is 17.0. The molecule has 0 bridgehead atoms. The Kier molecular flexibility index (Phi) is 8.02. The smallest absolute Gasteiger partial charge is 0.309 e. The molecule has 1 aliphatic rings. The van der Waals surface area contributed by atoms with E-state index < -0.39 is 11.8 Å². The molecule has 1 saturated heterocycles. The highest BCUT2D eigenvalue weighted by molar-refractivity contribution is 7.10. The quantitative estimate of drug-likeness (QED) is 0.662. The van der Waals surface area contributed by atoms with Gasteiger partial charge in [0.05, 0.1) is 6.04 Å². The summed E-state index contributed by atoms with van der Waals surface area (Å²) in [6.45, 7) is 7.06. The normalized spacial score (nSPS) is 18.5. The molecule has 0 saturated carbocycles. The van der Waals surface area contributed by atoms with Crippen molar-refractivity contribution in [3.8, 4) is 0 Å². The summed E-state index contributed by atoms with van der Waals surface area (Å²) >= 11 is 1.69. The second kappa shape index (κ2) is 10.0. The molecule has 0 unspecified atom stereocenters. The number of carbonyl (C=O) groups excluding carboxylic acids is 2. The van der Waals surface area contributed by atoms with Gasteiger partial charge in [0.1, 0.15) is 0 Å². The fourth-order valence-corrected chi connectivity index (χ4v) is 4.09. The van der Waals surface area contributed by atoms with Gasteiger partial charge in [0.2, 0.25) is 0 Å². The summed E-state index contributed by atoms with van der Waals surface area (Å²) in [6.07, 6.45) is 0. The van der Waals surface area contributed by atoms with E-state index in [2.05, 4.69) is 38.9 Å². The third-order valence-electron chi connectivity index (χ3n) is 4.65. The second-order valence-corrected chi connectivity index (χ2v) is 8.10. The topological polar surface area (TPSA) is 67.9 Å². The molecule has 1 fully saturated rings. The number of amides is 2. The van der Waals surface area contributed by atoms with Gasteiger partial charge in [-0.3, -0.25) is 14.5 Å². The average Bonchev–Trinajstić information content (AvgIpc) is 3.10. The molecule has 0 aromatic carbocycles. The van der Waals surface area contributed by atoms with Gasteiger partial charge in [-0.1, -0.05) is 6.07 Å². The van der Waals surface area contributed by atoms with Crippen molar-refractivity contribution in [1.29, 1.82) is 0 Å². The summed E-state index contributed by atoms with van der Waals surface area (Å²) in [7, 11) is 5.98. The Labute approximate surface area is 160 Å². The van der Waals surface area contributed by atoms with E-state index >= 15 is 0 Å². The lowest BCUT2D eigenvalue weighted by atomic mass is 10.0. The van der Waals surface area contributed by atoms with Crippen LogP contribution in [-0.4, -0.2) is 93.0 Å². The number of hydrogen-bond donors (Lipinski definition) is 2. The minimum Gasteiger partial charge on any atom is -0.347 e. The van der Waals surface area contributed by atoms with Crippen LogP contribution >= 0.6 is 11.3 Å². The first-order chi connectivity index (χ1) is 12.4. The van der Waals surface area contributed by atoms with Crippen LogP contribution in [0.2, 0.25) is 0 Å². The molecule has 2 atom stereocenters. The van der Waals surface area contributed by atoms with Crippen LogP contribution in [0.4, 0.5) is 0 Å². The number of carbonyl (C=O) groups is 2. The van der Waals surface area contributed by atoms with Crippen LogP contribution in [0.25, 0.3) is 0 Å². The molecular weight excluding hydrogens is 350 g/mol. The lowest BCUT2D eigenvalue weighted by Crippen LogP contribution is -2.53. The van der Waals surface area contributed by atoms with Gasteiger partial charge < -0.3 is 20.4 Å². The van der Waals surface area contributed by atoms with Gasteiger partial charge in [0.15, 0.2) is 0 Å². The molecule has 146 valence electrons. The van der Waals surface area contributed by atoms with Crippen LogP contribution in [0.15, 0.2) is 17.5 Å². The molecule has 2 rings (SSSR count). The van der Waals surface area contributed by atoms with Crippen LogP contribution < -0.4 is 10.6 Å². The molecule has 0 spiro atoms. The summed E-state index contributed by atoms with van der Waals surface area (Å²) in [5, 5.41) is 7.63. The SMILES string of the molecule is C[C@H](NC(=O)C(=O)NCCN(C)C)[C@H](c1cccs1)N1CCN(C)CC1. The second-order valence-electron chi connectivity index (χ2n) is 7.12. The molecule has 2 heterocycles. The minimum absolute atomic E-state index is 0.0854. The molecule has 0 aliphatic carbocycles. The standard InChI is InChI=1S/C18H31N5O2S/c1-14(20-18(25)17(24)19-7-8-21(2)3)16(15-6-5-13-26-15)23-11-9-22(4)10-12-23/h5-6,13-14,16H,7-12H2,1-4H3,(H,19,24)(H,20,25)/t14-,16+/m0/s1. The molecular formula is C18H31N5O2S. The molecule has 8 heteroatoms. The van der Waals surface area contributed by atoms with E-state index in [0.717, 1.165) is 26.2 Å². The number of piperazine rings is 1. The summed E-state index contributed by atoms with van der Waals surface area (Å²) in [5.74, 6) is -1.13. The van der Waals surface area contributed by atoms with Gasteiger partial charge in [0.25, 0.3) is 0 Å². The lowest BCUT2D eigenvalue weighted by Gasteiger charge is -2.40. The maximum atomic E-state index is 12.3. The van der Waals surface area contributed by atoms with E-state index in [1.54, 1.807) is 11.3 Å². The zero-order valence-electron chi connectivity index (χ0n) is 16.2. The summed E-state index contributed by atoms with van der Waals surface area (Å²) in [6, 6.07) is 4.07. The minimum atomic E-state index is -0.568. The number of nitrogens with zero attached hydrogens (tertiary/aromatic N) is 3. The first kappa shape index (κ1) is 20.8. The van der Waals surface area contributed by atoms with Crippen LogP contribution in [0.5, 0.6) is 0 Å². The van der Waals surface area contributed by atoms with E-state index in [-0.39, 0.29) is 12.1 Å². The number of thiophene rings is 1. The predicted molar refractivity (Wildman–Crippen MR) is 105 cm³/mol. The molecule has 0 radical (unpaired) electrons. The predicted octanol–water partition coefficient (Wildman–Crippen LogP) is 0.219. The zero-order chi connectivity index (χ0) is 19.1. The Bertz CT molecular complexity index is 570. The van der Waals surface area contributed by atoms with E-state index in [4.69, 9.17) is 0 Å². The van der Waals surface area contributed by atoms with Gasteiger partial charge in [-0.05, 0) is 39.5 Å². The van der Waals surface area contributed by atoms with Crippen molar-refractivity contribution < 1.29 is 9.59 Å². The lowest BCUT2D eigenvalue weighted by molar-refractivity contribution is -0.139. The van der Waals surface area contributed by atoms with Gasteiger partial charge in [-0.25, -0.2) is 0 Å². The highest BCUT2D eigenvalue weighted by Gasteiger charge is 2.31. The molecule has 2 N–H and O–H groups in total. The Morgan fingerprint density at radius 2 is 1.92 bits per heavy atom. The number of likely N-dealkylation sites (N-methyl/N-ethyl adjacent to an activating group) is 2. The Morgan fingerprint density at radius 3 is 2.50 bits per heavy atom. The first-order valence-corrected chi connectivity index (χ1v) is 9.96. The van der Waals surface area contributed by atoms with E-state index in [9.17, 15) is 9.59 Å². The van der Waals surface area contributed by atoms with Crippen molar-refractivity contribution in [3.63, 3.8) is 0 Å². The highest BCUT2D eigenvalue weighted by atomic mass is 32.1. The third-order valence-corrected chi connectivity index (χ3v) is 5.59.